The number of carbonyl (C=O) groups excluding carboxylic acids is 2. The molecule has 0 spiro atoms. The Morgan fingerprint density at radius 3 is 2.60 bits per heavy atom. The van der Waals surface area contributed by atoms with Crippen LogP contribution in [0.5, 0.6) is 11.5 Å². The van der Waals surface area contributed by atoms with Gasteiger partial charge in [0.2, 0.25) is 11.8 Å². The van der Waals surface area contributed by atoms with Crippen molar-refractivity contribution in [2.24, 2.45) is 0 Å². The zero-order chi connectivity index (χ0) is 17.5. The average Bonchev–Trinajstić information content (AvgIpc) is 2.66. The van der Waals surface area contributed by atoms with Gasteiger partial charge < -0.3 is 19.7 Å². The van der Waals surface area contributed by atoms with Crippen molar-refractivity contribution in [2.75, 3.05) is 32.8 Å². The van der Waals surface area contributed by atoms with Gasteiger partial charge in [0.15, 0.2) is 11.5 Å². The highest BCUT2D eigenvalue weighted by Crippen LogP contribution is 2.31. The summed E-state index contributed by atoms with van der Waals surface area (Å²) in [5, 5.41) is 2.74. The number of carbonyl (C=O) groups is 2. The molecule has 2 aliphatic rings. The van der Waals surface area contributed by atoms with Gasteiger partial charge in [-0.25, -0.2) is 0 Å². The fourth-order valence-electron chi connectivity index (χ4n) is 3.21. The normalized spacial score (nSPS) is 16.4. The van der Waals surface area contributed by atoms with Crippen molar-refractivity contribution in [3.63, 3.8) is 0 Å². The van der Waals surface area contributed by atoms with E-state index in [1.807, 2.05) is 23.1 Å². The molecule has 1 aromatic rings. The molecule has 1 saturated heterocycles. The minimum absolute atomic E-state index is 0.0277. The Kier molecular flexibility index (Phi) is 6.14. The molecule has 2 heterocycles. The molecule has 25 heavy (non-hydrogen) atoms. The van der Waals surface area contributed by atoms with Gasteiger partial charge in [0, 0.05) is 19.5 Å². The molecule has 2 amide bonds. The van der Waals surface area contributed by atoms with Crippen LogP contribution in [-0.4, -0.2) is 49.6 Å². The predicted octanol–water partition coefficient (Wildman–Crippen LogP) is 1.91. The van der Waals surface area contributed by atoms with E-state index in [-0.39, 0.29) is 18.4 Å². The van der Waals surface area contributed by atoms with Crippen molar-refractivity contribution in [3.05, 3.63) is 23.8 Å². The van der Waals surface area contributed by atoms with E-state index in [9.17, 15) is 9.59 Å². The number of amides is 2. The largest absolute Gasteiger partial charge is 0.486 e. The van der Waals surface area contributed by atoms with E-state index >= 15 is 0 Å². The highest BCUT2D eigenvalue weighted by Gasteiger charge is 2.17. The number of hydrogen-bond acceptors (Lipinski definition) is 4. The van der Waals surface area contributed by atoms with E-state index in [1.54, 1.807) is 0 Å². The van der Waals surface area contributed by atoms with Crippen LogP contribution in [0.2, 0.25) is 0 Å². The van der Waals surface area contributed by atoms with Gasteiger partial charge in [0.25, 0.3) is 0 Å². The average molecular weight is 346 g/mol. The summed E-state index contributed by atoms with van der Waals surface area (Å²) in [5.74, 6) is 1.52. The first kappa shape index (κ1) is 17.6. The third-order valence-electron chi connectivity index (χ3n) is 4.62. The van der Waals surface area contributed by atoms with Gasteiger partial charge >= 0.3 is 0 Å². The first-order valence-electron chi connectivity index (χ1n) is 9.15. The second-order valence-electron chi connectivity index (χ2n) is 6.55. The Bertz CT molecular complexity index is 611. The third kappa shape index (κ3) is 5.11. The van der Waals surface area contributed by atoms with E-state index in [1.165, 1.54) is 6.42 Å². The fourth-order valence-corrected chi connectivity index (χ4v) is 3.21. The Labute approximate surface area is 148 Å². The minimum atomic E-state index is -0.0668. The molecule has 6 heteroatoms. The van der Waals surface area contributed by atoms with Crippen LogP contribution in [0.15, 0.2) is 18.2 Å². The zero-order valence-corrected chi connectivity index (χ0v) is 14.6. The lowest BCUT2D eigenvalue weighted by molar-refractivity contribution is -0.133. The number of benzene rings is 1. The molecule has 0 atom stereocenters. The fraction of sp³-hybridized carbons (Fsp3) is 0.579. The molecule has 0 saturated carbocycles. The van der Waals surface area contributed by atoms with Crippen molar-refractivity contribution in [3.8, 4) is 11.5 Å². The van der Waals surface area contributed by atoms with Gasteiger partial charge in [-0.15, -0.1) is 0 Å². The highest BCUT2D eigenvalue weighted by molar-refractivity contribution is 5.84. The van der Waals surface area contributed by atoms with Gasteiger partial charge in [0.05, 0.1) is 6.54 Å². The molecule has 0 aliphatic carbocycles. The lowest BCUT2D eigenvalue weighted by Gasteiger charge is -2.26. The summed E-state index contributed by atoms with van der Waals surface area (Å²) in [6.07, 6.45) is 5.27. The first-order chi connectivity index (χ1) is 12.2. The van der Waals surface area contributed by atoms with Crippen LogP contribution in [0.3, 0.4) is 0 Å². The van der Waals surface area contributed by atoms with Crippen LogP contribution in [0.1, 0.15) is 37.7 Å². The number of aryl methyl sites for hydroxylation is 1. The van der Waals surface area contributed by atoms with Crippen molar-refractivity contribution in [2.45, 2.75) is 38.5 Å². The summed E-state index contributed by atoms with van der Waals surface area (Å²) >= 11 is 0. The van der Waals surface area contributed by atoms with Gasteiger partial charge in [-0.2, -0.15) is 0 Å². The van der Waals surface area contributed by atoms with Gasteiger partial charge in [-0.3, -0.25) is 9.59 Å². The van der Waals surface area contributed by atoms with Gasteiger partial charge in [-0.05, 0) is 49.8 Å². The van der Waals surface area contributed by atoms with E-state index < -0.39 is 0 Å². The van der Waals surface area contributed by atoms with Crippen LogP contribution < -0.4 is 14.8 Å². The maximum absolute atomic E-state index is 12.0. The van der Waals surface area contributed by atoms with Gasteiger partial charge in [0.1, 0.15) is 13.2 Å². The maximum Gasteiger partial charge on any atom is 0.241 e. The zero-order valence-electron chi connectivity index (χ0n) is 14.6. The summed E-state index contributed by atoms with van der Waals surface area (Å²) in [7, 11) is 0. The molecule has 136 valence electrons. The quantitative estimate of drug-likeness (QED) is 0.854. The van der Waals surface area contributed by atoms with Gasteiger partial charge in [-0.1, -0.05) is 6.07 Å². The summed E-state index contributed by atoms with van der Waals surface area (Å²) < 4.78 is 11.1. The molecule has 0 bridgehead atoms. The molecule has 0 unspecified atom stereocenters. The van der Waals surface area contributed by atoms with Crippen molar-refractivity contribution < 1.29 is 19.1 Å². The van der Waals surface area contributed by atoms with Crippen molar-refractivity contribution in [1.29, 1.82) is 0 Å². The monoisotopic (exact) mass is 346 g/mol. The number of nitrogens with one attached hydrogen (secondary N) is 1. The lowest BCUT2D eigenvalue weighted by atomic mass is 10.1. The molecule has 1 N–H and O–H groups in total. The molecular formula is C19H26N2O4. The Balaban J connectivity index is 1.35. The van der Waals surface area contributed by atoms with Crippen LogP contribution in [0, 0.1) is 0 Å². The predicted molar refractivity (Wildman–Crippen MR) is 93.8 cm³/mol. The summed E-state index contributed by atoms with van der Waals surface area (Å²) in [5.41, 5.74) is 1.13. The molecule has 1 fully saturated rings. The number of likely N-dealkylation sites (tertiary alicyclic amines) is 1. The molecule has 2 aliphatic heterocycles. The van der Waals surface area contributed by atoms with E-state index in [0.29, 0.717) is 19.6 Å². The molecular weight excluding hydrogens is 320 g/mol. The second kappa shape index (κ2) is 8.74. The lowest BCUT2D eigenvalue weighted by Crippen LogP contribution is -2.42. The smallest absolute Gasteiger partial charge is 0.241 e. The number of piperidine rings is 1. The van der Waals surface area contributed by atoms with Crippen LogP contribution in [0.25, 0.3) is 0 Å². The molecule has 0 aromatic heterocycles. The van der Waals surface area contributed by atoms with Crippen molar-refractivity contribution >= 4 is 11.8 Å². The van der Waals surface area contributed by atoms with E-state index in [2.05, 4.69) is 5.32 Å². The number of ether oxygens (including phenoxy) is 2. The third-order valence-corrected chi connectivity index (χ3v) is 4.62. The summed E-state index contributed by atoms with van der Waals surface area (Å²) in [6, 6.07) is 5.90. The van der Waals surface area contributed by atoms with E-state index in [0.717, 1.165) is 55.8 Å². The molecule has 3 rings (SSSR count). The number of rotatable bonds is 6. The van der Waals surface area contributed by atoms with E-state index in [4.69, 9.17) is 9.47 Å². The summed E-state index contributed by atoms with van der Waals surface area (Å²) in [6.45, 7) is 2.91. The highest BCUT2D eigenvalue weighted by atomic mass is 16.6. The number of hydrogen-bond donors (Lipinski definition) is 1. The Morgan fingerprint density at radius 2 is 1.80 bits per heavy atom. The standard InChI is InChI=1S/C19H26N2O4/c22-18(20-14-19(23)21-9-2-1-3-10-21)6-4-5-15-7-8-16-17(13-15)25-12-11-24-16/h7-8,13H,1-6,9-12,14H2,(H,20,22). The van der Waals surface area contributed by atoms with Crippen LogP contribution in [0.4, 0.5) is 0 Å². The molecule has 0 radical (unpaired) electrons. The SMILES string of the molecule is O=C(CCCc1ccc2c(c1)OCCO2)NCC(=O)N1CCCCC1. The minimum Gasteiger partial charge on any atom is -0.486 e. The first-order valence-corrected chi connectivity index (χ1v) is 9.15. The number of fused-ring (bicyclic) bond motifs is 1. The maximum atomic E-state index is 12.0. The topological polar surface area (TPSA) is 67.9 Å². The molecule has 1 aromatic carbocycles. The Morgan fingerprint density at radius 1 is 1.04 bits per heavy atom. The molecule has 6 nitrogen and oxygen atoms in total. The van der Waals surface area contributed by atoms with Crippen molar-refractivity contribution in [1.82, 2.24) is 10.2 Å². The number of nitrogens with zero attached hydrogens (tertiary/aromatic N) is 1. The second-order valence-corrected chi connectivity index (χ2v) is 6.55. The summed E-state index contributed by atoms with van der Waals surface area (Å²) in [4.78, 5) is 25.8. The Hall–Kier alpha value is -2.24. The van der Waals surface area contributed by atoms with Crippen LogP contribution in [-0.2, 0) is 16.0 Å². The van der Waals surface area contributed by atoms with Crippen LogP contribution >= 0.6 is 0 Å².